The molecule has 0 spiro atoms. The quantitative estimate of drug-likeness (QED) is 0.656. The van der Waals surface area contributed by atoms with Gasteiger partial charge in [-0.2, -0.15) is 5.10 Å². The van der Waals surface area contributed by atoms with Crippen LogP contribution in [0.4, 0.5) is 16.3 Å². The topological polar surface area (TPSA) is 101 Å². The van der Waals surface area contributed by atoms with Crippen molar-refractivity contribution in [3.05, 3.63) is 35.8 Å². The Morgan fingerprint density at radius 2 is 2.19 bits per heavy atom. The van der Waals surface area contributed by atoms with Crippen molar-refractivity contribution >= 4 is 17.6 Å². The van der Waals surface area contributed by atoms with E-state index in [2.05, 4.69) is 25.8 Å². The van der Waals surface area contributed by atoms with Crippen LogP contribution in [-0.2, 0) is 9.47 Å². The van der Waals surface area contributed by atoms with Crippen molar-refractivity contribution in [1.82, 2.24) is 20.5 Å². The van der Waals surface area contributed by atoms with Crippen LogP contribution >= 0.6 is 0 Å². The molecule has 6 bridgehead atoms. The summed E-state index contributed by atoms with van der Waals surface area (Å²) in [5.41, 5.74) is 2.84. The number of alkyl carbamates (subject to hydrolysis) is 1. The molecule has 4 rings (SSSR count). The van der Waals surface area contributed by atoms with Crippen molar-refractivity contribution < 1.29 is 14.3 Å². The molecule has 1 aliphatic heterocycles. The Bertz CT molecular complexity index is 793. The first-order valence-corrected chi connectivity index (χ1v) is 9.52. The Morgan fingerprint density at radius 1 is 1.26 bits per heavy atom. The normalized spacial score (nSPS) is 26.3. The van der Waals surface area contributed by atoms with Gasteiger partial charge in [0.25, 0.3) is 0 Å². The zero-order valence-corrected chi connectivity index (χ0v) is 15.4. The van der Waals surface area contributed by atoms with Gasteiger partial charge in [-0.05, 0) is 44.7 Å². The van der Waals surface area contributed by atoms with Gasteiger partial charge in [0.15, 0.2) is 5.82 Å². The summed E-state index contributed by atoms with van der Waals surface area (Å²) in [6, 6.07) is 5.91. The molecule has 8 nitrogen and oxygen atoms in total. The molecule has 144 valence electrons. The zero-order chi connectivity index (χ0) is 18.6. The van der Waals surface area contributed by atoms with E-state index in [9.17, 15) is 4.79 Å². The van der Waals surface area contributed by atoms with E-state index in [4.69, 9.17) is 9.47 Å². The molecule has 2 aromatic rings. The summed E-state index contributed by atoms with van der Waals surface area (Å²) < 4.78 is 11.4. The number of carbonyl (C=O) groups is 1. The molecule has 1 saturated carbocycles. The Kier molecular flexibility index (Phi) is 5.24. The summed E-state index contributed by atoms with van der Waals surface area (Å²) in [6.45, 7) is 3.03. The van der Waals surface area contributed by atoms with Crippen molar-refractivity contribution in [1.29, 1.82) is 0 Å². The largest absolute Gasteiger partial charge is 0.446 e. The summed E-state index contributed by atoms with van der Waals surface area (Å²) in [5.74, 6) is 1.09. The number of nitrogens with zero attached hydrogens (tertiary/aromatic N) is 2. The smallest absolute Gasteiger partial charge is 0.407 e. The molecule has 27 heavy (non-hydrogen) atoms. The van der Waals surface area contributed by atoms with E-state index >= 15 is 0 Å². The lowest BCUT2D eigenvalue weighted by molar-refractivity contribution is 0.0601. The number of rotatable bonds is 0. The molecular formula is C19H25N5O3. The van der Waals surface area contributed by atoms with E-state index in [-0.39, 0.29) is 18.3 Å². The van der Waals surface area contributed by atoms with E-state index in [1.54, 1.807) is 6.20 Å². The van der Waals surface area contributed by atoms with Crippen LogP contribution in [-0.4, -0.2) is 40.5 Å². The first-order chi connectivity index (χ1) is 13.2. The van der Waals surface area contributed by atoms with E-state index in [0.717, 1.165) is 48.6 Å². The van der Waals surface area contributed by atoms with Gasteiger partial charge in [-0.25, -0.2) is 4.79 Å². The zero-order valence-electron chi connectivity index (χ0n) is 15.4. The SMILES string of the molecule is CC1OCCCNC(=O)O[C@@H]2CCC(C2)c2cc(n[nH]2)Nc2ccnc1c2. The van der Waals surface area contributed by atoms with Gasteiger partial charge in [0.2, 0.25) is 0 Å². The van der Waals surface area contributed by atoms with E-state index in [1.807, 2.05) is 25.1 Å². The molecule has 0 aromatic carbocycles. The number of nitrogens with one attached hydrogen (secondary N) is 3. The van der Waals surface area contributed by atoms with Gasteiger partial charge in [0, 0.05) is 42.7 Å². The minimum absolute atomic E-state index is 0.0485. The third-order valence-corrected chi connectivity index (χ3v) is 5.12. The van der Waals surface area contributed by atoms with E-state index in [1.165, 1.54) is 0 Å². The van der Waals surface area contributed by atoms with Gasteiger partial charge in [-0.1, -0.05) is 0 Å². The number of carbonyl (C=O) groups excluding carboxylic acids is 1. The van der Waals surface area contributed by atoms with Gasteiger partial charge in [-0.15, -0.1) is 0 Å². The minimum atomic E-state index is -0.351. The lowest BCUT2D eigenvalue weighted by atomic mass is 10.0. The molecular weight excluding hydrogens is 346 g/mol. The van der Waals surface area contributed by atoms with E-state index < -0.39 is 0 Å². The number of fused-ring (bicyclic) bond motifs is 7. The molecule has 2 aromatic heterocycles. The minimum Gasteiger partial charge on any atom is -0.446 e. The first kappa shape index (κ1) is 17.8. The van der Waals surface area contributed by atoms with Gasteiger partial charge in [-0.3, -0.25) is 10.1 Å². The second kappa shape index (κ2) is 7.96. The Hall–Kier alpha value is -2.61. The van der Waals surface area contributed by atoms with Crippen LogP contribution in [0.2, 0.25) is 0 Å². The average molecular weight is 371 g/mol. The molecule has 2 aliphatic rings. The lowest BCUT2D eigenvalue weighted by Crippen LogP contribution is -2.29. The summed E-state index contributed by atoms with van der Waals surface area (Å²) in [4.78, 5) is 16.4. The van der Waals surface area contributed by atoms with Crippen molar-refractivity contribution in [2.24, 2.45) is 0 Å². The van der Waals surface area contributed by atoms with Crippen LogP contribution in [0.1, 0.15) is 56.0 Å². The van der Waals surface area contributed by atoms with Gasteiger partial charge < -0.3 is 20.1 Å². The third kappa shape index (κ3) is 4.39. The van der Waals surface area contributed by atoms with Crippen LogP contribution in [0.5, 0.6) is 0 Å². The fourth-order valence-corrected chi connectivity index (χ4v) is 3.64. The standard InChI is InChI=1S/C19H25N5O3/c1-12-16-10-14(5-7-20-16)22-18-11-17(23-24-18)13-3-4-15(9-13)27-19(25)21-6-2-8-26-12/h5,7,10-13,15H,2-4,6,8-9H2,1H3,(H,21,25)(H2,22,23,24)/t12?,13?,15-/m1/s1. The molecule has 8 heteroatoms. The fraction of sp³-hybridized carbons (Fsp3) is 0.526. The van der Waals surface area contributed by atoms with Crippen molar-refractivity contribution in [3.8, 4) is 0 Å². The average Bonchev–Trinajstić information content (AvgIpc) is 3.30. The molecule has 3 atom stereocenters. The van der Waals surface area contributed by atoms with Crippen molar-refractivity contribution in [2.45, 2.75) is 50.7 Å². The summed E-state index contributed by atoms with van der Waals surface area (Å²) in [6.07, 6.45) is 4.61. The van der Waals surface area contributed by atoms with E-state index in [0.29, 0.717) is 19.1 Å². The number of pyridine rings is 1. The fourth-order valence-electron chi connectivity index (χ4n) is 3.64. The predicted molar refractivity (Wildman–Crippen MR) is 100.0 cm³/mol. The summed E-state index contributed by atoms with van der Waals surface area (Å²) >= 11 is 0. The van der Waals surface area contributed by atoms with Crippen LogP contribution in [0.15, 0.2) is 24.4 Å². The Morgan fingerprint density at radius 3 is 3.11 bits per heavy atom. The summed E-state index contributed by atoms with van der Waals surface area (Å²) in [7, 11) is 0. The number of hydrogen-bond donors (Lipinski definition) is 3. The highest BCUT2D eigenvalue weighted by molar-refractivity contribution is 5.67. The highest BCUT2D eigenvalue weighted by Crippen LogP contribution is 2.36. The maximum atomic E-state index is 12.0. The number of anilines is 2. The predicted octanol–water partition coefficient (Wildman–Crippen LogP) is 3.39. The second-order valence-electron chi connectivity index (χ2n) is 7.13. The maximum Gasteiger partial charge on any atom is 0.407 e. The molecule has 3 heterocycles. The molecule has 0 radical (unpaired) electrons. The second-order valence-corrected chi connectivity index (χ2v) is 7.13. The molecule has 3 N–H and O–H groups in total. The van der Waals surface area contributed by atoms with Crippen LogP contribution < -0.4 is 10.6 Å². The van der Waals surface area contributed by atoms with Crippen LogP contribution in [0.25, 0.3) is 0 Å². The van der Waals surface area contributed by atoms with Gasteiger partial charge >= 0.3 is 6.09 Å². The number of ether oxygens (including phenoxy) is 2. The van der Waals surface area contributed by atoms with Gasteiger partial charge in [0.1, 0.15) is 6.10 Å². The van der Waals surface area contributed by atoms with Gasteiger partial charge in [0.05, 0.1) is 11.8 Å². The molecule has 1 fully saturated rings. The highest BCUT2D eigenvalue weighted by Gasteiger charge is 2.30. The van der Waals surface area contributed by atoms with Crippen molar-refractivity contribution in [2.75, 3.05) is 18.5 Å². The Labute approximate surface area is 158 Å². The summed E-state index contributed by atoms with van der Waals surface area (Å²) in [5, 5.41) is 13.6. The molecule has 1 amide bonds. The number of aromatic amines is 1. The van der Waals surface area contributed by atoms with Crippen LogP contribution in [0.3, 0.4) is 0 Å². The third-order valence-electron chi connectivity index (χ3n) is 5.12. The maximum absolute atomic E-state index is 12.0. The lowest BCUT2D eigenvalue weighted by Gasteiger charge is -2.15. The molecule has 2 unspecified atom stereocenters. The number of H-pyrrole nitrogens is 1. The monoisotopic (exact) mass is 371 g/mol. The number of amides is 1. The molecule has 0 saturated heterocycles. The number of hydrogen-bond acceptors (Lipinski definition) is 6. The Balaban J connectivity index is 1.54. The van der Waals surface area contributed by atoms with Crippen LogP contribution in [0, 0.1) is 0 Å². The van der Waals surface area contributed by atoms with Crippen molar-refractivity contribution in [3.63, 3.8) is 0 Å². The highest BCUT2D eigenvalue weighted by atomic mass is 16.6. The first-order valence-electron chi connectivity index (χ1n) is 9.52. The molecule has 1 aliphatic carbocycles. The number of aromatic nitrogens is 3.